The molecule has 9 nitrogen and oxygen atoms in total. The van der Waals surface area contributed by atoms with Crippen LogP contribution < -0.4 is 10.5 Å². The molecule has 0 unspecified atom stereocenters. The lowest BCUT2D eigenvalue weighted by Crippen LogP contribution is -2.46. The third-order valence-corrected chi connectivity index (χ3v) is 5.06. The molecule has 2 aromatic heterocycles. The normalized spacial score (nSPS) is 16.6. The number of nitrogens with zero attached hydrogens (tertiary/aromatic N) is 6. The zero-order chi connectivity index (χ0) is 21.9. The van der Waals surface area contributed by atoms with Crippen LogP contribution in [0.4, 0.5) is 10.7 Å². The van der Waals surface area contributed by atoms with E-state index in [1.807, 2.05) is 32.6 Å². The van der Waals surface area contributed by atoms with Crippen LogP contribution in [0.2, 0.25) is 0 Å². The van der Waals surface area contributed by atoms with Gasteiger partial charge in [0, 0.05) is 38.9 Å². The number of aromatic nitrogens is 4. The van der Waals surface area contributed by atoms with Crippen LogP contribution in [0, 0.1) is 0 Å². The minimum atomic E-state index is -0.536. The van der Waals surface area contributed by atoms with E-state index in [4.69, 9.17) is 9.72 Å². The second-order valence-electron chi connectivity index (χ2n) is 8.44. The Morgan fingerprint density at radius 2 is 2.10 bits per heavy atom. The van der Waals surface area contributed by atoms with Gasteiger partial charge < -0.3 is 14.5 Å². The number of anilines is 1. The molecule has 0 N–H and O–H groups in total. The molecule has 1 atom stereocenters. The van der Waals surface area contributed by atoms with Gasteiger partial charge in [-0.3, -0.25) is 9.36 Å². The lowest BCUT2D eigenvalue weighted by Gasteiger charge is -2.32. The number of amides is 1. The summed E-state index contributed by atoms with van der Waals surface area (Å²) >= 11 is 0. The maximum absolute atomic E-state index is 12.6. The average molecular weight is 415 g/mol. The third-order valence-electron chi connectivity index (χ3n) is 5.06. The number of hydrogen-bond acceptors (Lipinski definition) is 7. The first kappa shape index (κ1) is 21.7. The van der Waals surface area contributed by atoms with Gasteiger partial charge in [-0.05, 0) is 46.6 Å². The summed E-state index contributed by atoms with van der Waals surface area (Å²) in [5.41, 5.74) is 0.398. The van der Waals surface area contributed by atoms with E-state index >= 15 is 0 Å². The number of rotatable bonds is 5. The summed E-state index contributed by atoms with van der Waals surface area (Å²) in [6.45, 7) is 9.50. The molecule has 3 heterocycles. The molecule has 30 heavy (non-hydrogen) atoms. The molecule has 3 rings (SSSR count). The van der Waals surface area contributed by atoms with Crippen molar-refractivity contribution < 1.29 is 9.53 Å². The molecular formula is C21H30N6O3. The van der Waals surface area contributed by atoms with Gasteiger partial charge in [0.2, 0.25) is 5.95 Å². The van der Waals surface area contributed by atoms with Gasteiger partial charge in [-0.15, -0.1) is 0 Å². The van der Waals surface area contributed by atoms with Crippen molar-refractivity contribution in [1.82, 2.24) is 24.4 Å². The standard InChI is InChI=1S/C21H30N6O3/c1-6-26(13-15-8-7-11-27(15)20(29)30-21(2,3)4)19-24-17(12-18(28)25(19)5)16-9-10-22-14-23-16/h9-10,12,14-15H,6-8,11,13H2,1-5H3/t15-/m0/s1. The van der Waals surface area contributed by atoms with Gasteiger partial charge in [-0.2, -0.15) is 0 Å². The lowest BCUT2D eigenvalue weighted by atomic mass is 10.2. The van der Waals surface area contributed by atoms with Crippen molar-refractivity contribution in [3.8, 4) is 11.4 Å². The number of carbonyl (C=O) groups is 1. The molecule has 0 spiro atoms. The maximum Gasteiger partial charge on any atom is 0.410 e. The minimum absolute atomic E-state index is 0.000548. The molecule has 1 aliphatic heterocycles. The molecule has 0 bridgehead atoms. The molecular weight excluding hydrogens is 384 g/mol. The predicted molar refractivity (Wildman–Crippen MR) is 114 cm³/mol. The van der Waals surface area contributed by atoms with Crippen LogP contribution in [0.1, 0.15) is 40.5 Å². The first-order valence-electron chi connectivity index (χ1n) is 10.3. The average Bonchev–Trinajstić information content (AvgIpc) is 3.16. The quantitative estimate of drug-likeness (QED) is 0.742. The lowest BCUT2D eigenvalue weighted by molar-refractivity contribution is 0.0231. The minimum Gasteiger partial charge on any atom is -0.444 e. The van der Waals surface area contributed by atoms with E-state index in [1.165, 1.54) is 17.0 Å². The Morgan fingerprint density at radius 3 is 2.73 bits per heavy atom. The monoisotopic (exact) mass is 414 g/mol. The van der Waals surface area contributed by atoms with Crippen LogP contribution in [0.15, 0.2) is 29.5 Å². The van der Waals surface area contributed by atoms with Gasteiger partial charge in [0.05, 0.1) is 17.4 Å². The van der Waals surface area contributed by atoms with Crippen LogP contribution in [0.25, 0.3) is 11.4 Å². The van der Waals surface area contributed by atoms with E-state index in [1.54, 1.807) is 24.2 Å². The predicted octanol–water partition coefficient (Wildman–Crippen LogP) is 2.46. The van der Waals surface area contributed by atoms with Crippen LogP contribution in [0.5, 0.6) is 0 Å². The maximum atomic E-state index is 12.6. The highest BCUT2D eigenvalue weighted by molar-refractivity contribution is 5.69. The first-order valence-corrected chi connectivity index (χ1v) is 10.3. The molecule has 0 radical (unpaired) electrons. The van der Waals surface area contributed by atoms with Gasteiger partial charge in [0.15, 0.2) is 0 Å². The molecule has 2 aromatic rings. The van der Waals surface area contributed by atoms with Crippen LogP contribution in [-0.4, -0.2) is 61.8 Å². The number of likely N-dealkylation sites (N-methyl/N-ethyl adjacent to an activating group) is 1. The van der Waals surface area contributed by atoms with Gasteiger partial charge in [-0.25, -0.2) is 19.7 Å². The number of likely N-dealkylation sites (tertiary alicyclic amines) is 1. The summed E-state index contributed by atoms with van der Waals surface area (Å²) in [7, 11) is 1.71. The Balaban J connectivity index is 1.86. The largest absolute Gasteiger partial charge is 0.444 e. The van der Waals surface area contributed by atoms with Gasteiger partial charge in [0.1, 0.15) is 11.9 Å². The Kier molecular flexibility index (Phi) is 6.38. The summed E-state index contributed by atoms with van der Waals surface area (Å²) < 4.78 is 7.10. The molecule has 0 saturated carbocycles. The molecule has 1 saturated heterocycles. The highest BCUT2D eigenvalue weighted by atomic mass is 16.6. The summed E-state index contributed by atoms with van der Waals surface area (Å²) in [4.78, 5) is 41.9. The highest BCUT2D eigenvalue weighted by Gasteiger charge is 2.33. The van der Waals surface area contributed by atoms with Crippen molar-refractivity contribution >= 4 is 12.0 Å². The Labute approximate surface area is 176 Å². The van der Waals surface area contributed by atoms with E-state index < -0.39 is 5.60 Å². The van der Waals surface area contributed by atoms with Crippen molar-refractivity contribution in [3.63, 3.8) is 0 Å². The van der Waals surface area contributed by atoms with Crippen LogP contribution in [-0.2, 0) is 11.8 Å². The molecule has 1 aliphatic rings. The van der Waals surface area contributed by atoms with Crippen molar-refractivity contribution in [2.24, 2.45) is 7.05 Å². The van der Waals surface area contributed by atoms with Crippen molar-refractivity contribution in [1.29, 1.82) is 0 Å². The second kappa shape index (κ2) is 8.81. The van der Waals surface area contributed by atoms with Gasteiger partial charge in [-0.1, -0.05) is 0 Å². The summed E-state index contributed by atoms with van der Waals surface area (Å²) in [5.74, 6) is 0.551. The Bertz CT molecular complexity index is 938. The second-order valence-corrected chi connectivity index (χ2v) is 8.44. The van der Waals surface area contributed by atoms with E-state index in [-0.39, 0.29) is 17.7 Å². The number of ether oxygens (including phenoxy) is 1. The fourth-order valence-electron chi connectivity index (χ4n) is 3.58. The molecule has 1 fully saturated rings. The molecule has 1 amide bonds. The van der Waals surface area contributed by atoms with Crippen molar-refractivity contribution in [2.75, 3.05) is 24.5 Å². The van der Waals surface area contributed by atoms with E-state index in [0.717, 1.165) is 12.8 Å². The molecule has 9 heteroatoms. The summed E-state index contributed by atoms with van der Waals surface area (Å²) in [5, 5.41) is 0. The van der Waals surface area contributed by atoms with Crippen LogP contribution >= 0.6 is 0 Å². The molecule has 0 aromatic carbocycles. The molecule has 0 aliphatic carbocycles. The zero-order valence-electron chi connectivity index (χ0n) is 18.3. The zero-order valence-corrected chi connectivity index (χ0v) is 18.3. The highest BCUT2D eigenvalue weighted by Crippen LogP contribution is 2.24. The Morgan fingerprint density at radius 1 is 1.33 bits per heavy atom. The van der Waals surface area contributed by atoms with Crippen LogP contribution in [0.3, 0.4) is 0 Å². The topological polar surface area (TPSA) is 93.5 Å². The molecule has 162 valence electrons. The van der Waals surface area contributed by atoms with Crippen molar-refractivity contribution in [3.05, 3.63) is 35.0 Å². The first-order chi connectivity index (χ1) is 14.2. The SMILES string of the molecule is CCN(C[C@@H]1CCCN1C(=O)OC(C)(C)C)c1nc(-c2ccncn2)cc(=O)n1C. The van der Waals surface area contributed by atoms with E-state index in [2.05, 4.69) is 9.97 Å². The summed E-state index contributed by atoms with van der Waals surface area (Å²) in [6, 6.07) is 3.20. The van der Waals surface area contributed by atoms with E-state index in [0.29, 0.717) is 37.0 Å². The number of hydrogen-bond donors (Lipinski definition) is 0. The number of carbonyl (C=O) groups excluding carboxylic acids is 1. The Hall–Kier alpha value is -2.97. The van der Waals surface area contributed by atoms with Crippen molar-refractivity contribution in [2.45, 2.75) is 52.2 Å². The van der Waals surface area contributed by atoms with Gasteiger partial charge in [0.25, 0.3) is 5.56 Å². The van der Waals surface area contributed by atoms with Gasteiger partial charge >= 0.3 is 6.09 Å². The summed E-state index contributed by atoms with van der Waals surface area (Å²) in [6.07, 6.45) is 4.57. The fraction of sp³-hybridized carbons (Fsp3) is 0.571. The third kappa shape index (κ3) is 4.95. The fourth-order valence-corrected chi connectivity index (χ4v) is 3.58. The smallest absolute Gasteiger partial charge is 0.410 e. The van der Waals surface area contributed by atoms with E-state index in [9.17, 15) is 9.59 Å².